The average Bonchev–Trinajstić information content (AvgIpc) is 2.79. The first-order valence-electron chi connectivity index (χ1n) is 10.2. The molecule has 1 amide bonds. The van der Waals surface area contributed by atoms with E-state index >= 15 is 0 Å². The highest BCUT2D eigenvalue weighted by molar-refractivity contribution is 7.97. The summed E-state index contributed by atoms with van der Waals surface area (Å²) in [5.74, 6) is -0.519. The van der Waals surface area contributed by atoms with Crippen LogP contribution in [0.15, 0.2) is 65.1 Å². The van der Waals surface area contributed by atoms with E-state index < -0.39 is 5.91 Å². The monoisotopic (exact) mass is 429 g/mol. The topological polar surface area (TPSA) is 44.8 Å². The van der Waals surface area contributed by atoms with E-state index in [1.54, 1.807) is 23.5 Å². The van der Waals surface area contributed by atoms with E-state index in [9.17, 15) is 9.32 Å². The zero-order valence-electron chi connectivity index (χ0n) is 17.4. The van der Waals surface area contributed by atoms with Crippen molar-refractivity contribution in [2.24, 2.45) is 0 Å². The summed E-state index contributed by atoms with van der Waals surface area (Å²) < 4.78 is 13.9. The Morgan fingerprint density at radius 1 is 1.10 bits per heavy atom. The summed E-state index contributed by atoms with van der Waals surface area (Å²) in [5, 5.41) is 3.20. The Morgan fingerprint density at radius 3 is 2.27 bits per heavy atom. The Kier molecular flexibility index (Phi) is 8.45. The van der Waals surface area contributed by atoms with E-state index in [0.29, 0.717) is 25.1 Å². The Hall–Kier alpha value is -2.19. The summed E-state index contributed by atoms with van der Waals surface area (Å²) in [6.45, 7) is 8.82. The van der Waals surface area contributed by atoms with Gasteiger partial charge >= 0.3 is 0 Å². The Morgan fingerprint density at radius 2 is 1.73 bits per heavy atom. The summed E-state index contributed by atoms with van der Waals surface area (Å²) in [6, 6.07) is 17.3. The molecule has 0 unspecified atom stereocenters. The molecule has 0 radical (unpaired) electrons. The Balaban J connectivity index is 1.56. The molecule has 1 aliphatic rings. The van der Waals surface area contributed by atoms with Gasteiger partial charge in [-0.3, -0.25) is 9.69 Å². The molecular formula is C23H28FN3O2S. The molecule has 0 spiro atoms. The molecule has 0 bridgehead atoms. The van der Waals surface area contributed by atoms with Gasteiger partial charge in [-0.05, 0) is 64.8 Å². The third-order valence-electron chi connectivity index (χ3n) is 5.27. The number of hydrogen-bond acceptors (Lipinski definition) is 5. The molecule has 0 fully saturated rings. The molecule has 160 valence electrons. The number of benzene rings is 2. The van der Waals surface area contributed by atoms with Crippen LogP contribution in [-0.4, -0.2) is 41.3 Å². The molecule has 0 saturated carbocycles. The van der Waals surface area contributed by atoms with Crippen LogP contribution in [0.1, 0.15) is 25.8 Å². The highest BCUT2D eigenvalue weighted by Crippen LogP contribution is 2.28. The molecule has 2 aromatic rings. The van der Waals surface area contributed by atoms with Gasteiger partial charge in [0.05, 0.1) is 0 Å². The molecule has 0 saturated heterocycles. The predicted octanol–water partition coefficient (Wildman–Crippen LogP) is 4.77. The molecule has 30 heavy (non-hydrogen) atoms. The van der Waals surface area contributed by atoms with Crippen molar-refractivity contribution in [2.45, 2.75) is 31.7 Å². The van der Waals surface area contributed by atoms with Crippen molar-refractivity contribution in [1.82, 2.24) is 14.7 Å². The lowest BCUT2D eigenvalue weighted by atomic mass is 10.0. The van der Waals surface area contributed by atoms with Crippen LogP contribution in [0, 0.1) is 0 Å². The molecule has 5 nitrogen and oxygen atoms in total. The summed E-state index contributed by atoms with van der Waals surface area (Å²) >= 11 is 1.66. The van der Waals surface area contributed by atoms with Gasteiger partial charge in [-0.15, -0.1) is 0 Å². The quantitative estimate of drug-likeness (QED) is 0.460. The number of carbonyl (C=O) groups is 1. The van der Waals surface area contributed by atoms with Crippen LogP contribution in [-0.2, 0) is 16.4 Å². The van der Waals surface area contributed by atoms with Gasteiger partial charge in [-0.25, -0.2) is 4.31 Å². The largest absolute Gasteiger partial charge is 0.300 e. The van der Waals surface area contributed by atoms with Gasteiger partial charge in [-0.1, -0.05) is 61.4 Å². The summed E-state index contributed by atoms with van der Waals surface area (Å²) in [5.41, 5.74) is 6.00. The smallest absolute Gasteiger partial charge is 0.273 e. The van der Waals surface area contributed by atoms with Gasteiger partial charge < -0.3 is 0 Å². The van der Waals surface area contributed by atoms with Crippen molar-refractivity contribution in [3.63, 3.8) is 0 Å². The van der Waals surface area contributed by atoms with E-state index in [1.807, 2.05) is 0 Å². The molecular weight excluding hydrogens is 401 g/mol. The number of hydroxylamine groups is 1. The summed E-state index contributed by atoms with van der Waals surface area (Å²) in [7, 11) is 0. The van der Waals surface area contributed by atoms with Gasteiger partial charge in [0.15, 0.2) is 0 Å². The number of amides is 1. The van der Waals surface area contributed by atoms with Crippen molar-refractivity contribution in [3.8, 4) is 11.1 Å². The van der Waals surface area contributed by atoms with E-state index in [0.717, 1.165) is 24.5 Å². The van der Waals surface area contributed by atoms with E-state index in [1.165, 1.54) is 16.7 Å². The summed E-state index contributed by atoms with van der Waals surface area (Å²) in [6.07, 6.45) is 2.36. The van der Waals surface area contributed by atoms with Crippen molar-refractivity contribution in [2.75, 3.05) is 26.2 Å². The lowest BCUT2D eigenvalue weighted by molar-refractivity contribution is -0.196. The van der Waals surface area contributed by atoms with Crippen LogP contribution >= 0.6 is 11.9 Å². The molecule has 0 aromatic heterocycles. The molecule has 2 aromatic carbocycles. The van der Waals surface area contributed by atoms with Gasteiger partial charge in [0.1, 0.15) is 0 Å². The maximum absolute atomic E-state index is 11.7. The van der Waals surface area contributed by atoms with Crippen molar-refractivity contribution in [3.05, 3.63) is 65.7 Å². The molecule has 0 atom stereocenters. The second-order valence-corrected chi connectivity index (χ2v) is 8.32. The fraction of sp³-hybridized carbons (Fsp3) is 0.348. The van der Waals surface area contributed by atoms with Crippen LogP contribution in [0.5, 0.6) is 0 Å². The van der Waals surface area contributed by atoms with Crippen LogP contribution in [0.4, 0.5) is 4.53 Å². The maximum atomic E-state index is 11.7. The minimum atomic E-state index is -0.519. The Labute approximate surface area is 181 Å². The standard InChI is InChI=1S/C23H28FN3O2S/c1-3-26(4-2)17-18-5-7-19(8-6-18)20-9-11-22(12-10-20)30-27-15-13-21(14-16-27)23(28)25-29-24/h5-13H,3-4,14-17H2,1-2H3,(H,25,28). The highest BCUT2D eigenvalue weighted by atomic mass is 32.2. The highest BCUT2D eigenvalue weighted by Gasteiger charge is 2.18. The molecule has 3 rings (SSSR count). The van der Waals surface area contributed by atoms with Crippen molar-refractivity contribution < 1.29 is 14.4 Å². The number of rotatable bonds is 9. The maximum Gasteiger partial charge on any atom is 0.273 e. The van der Waals surface area contributed by atoms with Crippen molar-refractivity contribution >= 4 is 17.9 Å². The fourth-order valence-electron chi connectivity index (χ4n) is 3.41. The van der Waals surface area contributed by atoms with E-state index in [2.05, 4.69) is 76.6 Å². The molecule has 1 N–H and O–H groups in total. The minimum absolute atomic E-state index is 0.519. The van der Waals surface area contributed by atoms with Crippen LogP contribution in [0.2, 0.25) is 0 Å². The van der Waals surface area contributed by atoms with Gasteiger partial charge in [-0.2, -0.15) is 5.48 Å². The first kappa shape index (κ1) is 22.5. The number of nitrogens with one attached hydrogen (secondary N) is 1. The second-order valence-electron chi connectivity index (χ2n) is 7.15. The zero-order valence-corrected chi connectivity index (χ0v) is 18.3. The lowest BCUT2D eigenvalue weighted by Gasteiger charge is -2.24. The third-order valence-corrected chi connectivity index (χ3v) is 6.34. The van der Waals surface area contributed by atoms with Crippen LogP contribution < -0.4 is 5.48 Å². The van der Waals surface area contributed by atoms with E-state index in [4.69, 9.17) is 0 Å². The second kappa shape index (κ2) is 11.3. The fourth-order valence-corrected chi connectivity index (χ4v) is 4.29. The summed E-state index contributed by atoms with van der Waals surface area (Å²) in [4.78, 5) is 15.1. The first-order chi connectivity index (χ1) is 14.6. The minimum Gasteiger partial charge on any atom is -0.300 e. The number of nitrogens with zero attached hydrogens (tertiary/aromatic N) is 2. The van der Waals surface area contributed by atoms with Crippen LogP contribution in [0.3, 0.4) is 0 Å². The van der Waals surface area contributed by atoms with Gasteiger partial charge in [0, 0.05) is 30.1 Å². The molecule has 1 heterocycles. The predicted molar refractivity (Wildman–Crippen MR) is 119 cm³/mol. The average molecular weight is 430 g/mol. The van der Waals surface area contributed by atoms with Gasteiger partial charge in [0.25, 0.3) is 5.91 Å². The van der Waals surface area contributed by atoms with Gasteiger partial charge in [0.2, 0.25) is 0 Å². The van der Waals surface area contributed by atoms with E-state index in [-0.39, 0.29) is 0 Å². The molecule has 0 aliphatic carbocycles. The number of halogens is 1. The normalized spacial score (nSPS) is 14.6. The number of hydrogen-bond donors (Lipinski definition) is 1. The van der Waals surface area contributed by atoms with Crippen molar-refractivity contribution in [1.29, 1.82) is 0 Å². The SMILES string of the molecule is CCN(CC)Cc1ccc(-c2ccc(SN3CC=C(C(=O)NOF)CC3)cc2)cc1. The zero-order chi connectivity index (χ0) is 21.3. The lowest BCUT2D eigenvalue weighted by Crippen LogP contribution is -2.29. The number of carbonyl (C=O) groups excluding carboxylic acids is 1. The first-order valence-corrected chi connectivity index (χ1v) is 11.0. The molecule has 1 aliphatic heterocycles. The molecule has 7 heteroatoms. The Bertz CT molecular complexity index is 852. The third kappa shape index (κ3) is 6.15. The van der Waals surface area contributed by atoms with Crippen LogP contribution in [0.25, 0.3) is 11.1 Å².